The fraction of sp³-hybridized carbons (Fsp3) is 0.350. The standard InChI is InChI=1S/C14H10F2N4O.C6H13N/c15-14(16)21-9-3-1-8(2-4-9)12-10-5-6-18-7-11(10)13(17)20-19-12;1-7-5-3-2-4-6-7/h1-7,14H,(H2,17,20);2-6H2,1H3. The molecule has 2 aromatic heterocycles. The van der Waals surface area contributed by atoms with E-state index >= 15 is 0 Å². The molecule has 0 aliphatic carbocycles. The van der Waals surface area contributed by atoms with Gasteiger partial charge in [0.1, 0.15) is 11.4 Å². The zero-order valence-corrected chi connectivity index (χ0v) is 15.7. The number of hydrogen-bond donors (Lipinski definition) is 1. The van der Waals surface area contributed by atoms with Crippen molar-refractivity contribution in [3.8, 4) is 17.0 Å². The number of hydrogen-bond acceptors (Lipinski definition) is 6. The van der Waals surface area contributed by atoms with Gasteiger partial charge in [0.05, 0.1) is 0 Å². The zero-order valence-electron chi connectivity index (χ0n) is 15.7. The molecule has 3 aromatic rings. The minimum atomic E-state index is -2.85. The summed E-state index contributed by atoms with van der Waals surface area (Å²) < 4.78 is 28.6. The van der Waals surface area contributed by atoms with E-state index in [2.05, 4.69) is 31.9 Å². The first kappa shape index (κ1) is 19.9. The number of likely N-dealkylation sites (tertiary alicyclic amines) is 1. The number of alkyl halides is 2. The van der Waals surface area contributed by atoms with Gasteiger partial charge in [-0.1, -0.05) is 6.42 Å². The summed E-state index contributed by atoms with van der Waals surface area (Å²) in [5.74, 6) is 0.377. The van der Waals surface area contributed by atoms with Crippen LogP contribution in [0.5, 0.6) is 5.75 Å². The normalized spacial score (nSPS) is 14.6. The van der Waals surface area contributed by atoms with E-state index in [-0.39, 0.29) is 5.75 Å². The Bertz CT molecular complexity index is 899. The number of rotatable bonds is 3. The minimum Gasteiger partial charge on any atom is -0.435 e. The highest BCUT2D eigenvalue weighted by molar-refractivity contribution is 5.98. The lowest BCUT2D eigenvalue weighted by Gasteiger charge is -2.20. The molecule has 28 heavy (non-hydrogen) atoms. The van der Waals surface area contributed by atoms with Crippen LogP contribution in [0.4, 0.5) is 14.6 Å². The number of fused-ring (bicyclic) bond motifs is 1. The Morgan fingerprint density at radius 1 is 1.00 bits per heavy atom. The molecule has 3 heterocycles. The smallest absolute Gasteiger partial charge is 0.387 e. The molecule has 4 rings (SSSR count). The number of benzene rings is 1. The monoisotopic (exact) mass is 387 g/mol. The molecule has 148 valence electrons. The number of nitrogen functional groups attached to an aromatic ring is 1. The van der Waals surface area contributed by atoms with Crippen LogP contribution in [0.15, 0.2) is 42.7 Å². The highest BCUT2D eigenvalue weighted by Gasteiger charge is 2.10. The van der Waals surface area contributed by atoms with Crippen LogP contribution >= 0.6 is 0 Å². The third-order valence-corrected chi connectivity index (χ3v) is 4.54. The number of nitrogens with zero attached hydrogens (tertiary/aromatic N) is 4. The average Bonchev–Trinajstić information content (AvgIpc) is 2.70. The molecule has 0 unspecified atom stereocenters. The molecule has 0 radical (unpaired) electrons. The summed E-state index contributed by atoms with van der Waals surface area (Å²) in [7, 11) is 2.19. The van der Waals surface area contributed by atoms with Crippen molar-refractivity contribution in [3.63, 3.8) is 0 Å². The molecule has 6 nitrogen and oxygen atoms in total. The highest BCUT2D eigenvalue weighted by atomic mass is 19.3. The largest absolute Gasteiger partial charge is 0.435 e. The van der Waals surface area contributed by atoms with E-state index in [9.17, 15) is 8.78 Å². The van der Waals surface area contributed by atoms with Crippen LogP contribution in [0.25, 0.3) is 22.0 Å². The molecule has 1 aromatic carbocycles. The van der Waals surface area contributed by atoms with Crippen molar-refractivity contribution in [1.82, 2.24) is 20.1 Å². The van der Waals surface area contributed by atoms with Gasteiger partial charge in [0.15, 0.2) is 5.82 Å². The van der Waals surface area contributed by atoms with Crippen LogP contribution in [-0.4, -0.2) is 46.8 Å². The molecule has 0 saturated carbocycles. The van der Waals surface area contributed by atoms with Crippen molar-refractivity contribution in [2.45, 2.75) is 25.9 Å². The van der Waals surface area contributed by atoms with Crippen LogP contribution in [0.3, 0.4) is 0 Å². The molecule has 0 atom stereocenters. The van der Waals surface area contributed by atoms with Gasteiger partial charge in [-0.2, -0.15) is 8.78 Å². The van der Waals surface area contributed by atoms with E-state index < -0.39 is 6.61 Å². The Kier molecular flexibility index (Phi) is 6.65. The molecule has 1 fully saturated rings. The molecule has 0 amide bonds. The second kappa shape index (κ2) is 9.36. The van der Waals surface area contributed by atoms with Gasteiger partial charge in [-0.05, 0) is 63.3 Å². The summed E-state index contributed by atoms with van der Waals surface area (Å²) in [6.07, 6.45) is 7.51. The summed E-state index contributed by atoms with van der Waals surface area (Å²) in [6, 6.07) is 7.95. The summed E-state index contributed by atoms with van der Waals surface area (Å²) in [5, 5.41) is 9.45. The van der Waals surface area contributed by atoms with Crippen molar-refractivity contribution >= 4 is 16.6 Å². The Labute approximate surface area is 162 Å². The predicted octanol–water partition coefficient (Wildman–Crippen LogP) is 3.98. The quantitative estimate of drug-likeness (QED) is 0.733. The number of anilines is 1. The lowest BCUT2D eigenvalue weighted by Crippen LogP contribution is -2.24. The third kappa shape index (κ3) is 5.10. The Hall–Kier alpha value is -2.87. The first-order valence-electron chi connectivity index (χ1n) is 9.14. The topological polar surface area (TPSA) is 77.2 Å². The van der Waals surface area contributed by atoms with E-state index in [4.69, 9.17) is 5.73 Å². The van der Waals surface area contributed by atoms with Gasteiger partial charge >= 0.3 is 6.61 Å². The van der Waals surface area contributed by atoms with Crippen molar-refractivity contribution in [2.75, 3.05) is 25.9 Å². The zero-order chi connectivity index (χ0) is 19.9. The van der Waals surface area contributed by atoms with Crippen LogP contribution < -0.4 is 10.5 Å². The molecular weight excluding hydrogens is 364 g/mol. The van der Waals surface area contributed by atoms with E-state index in [0.29, 0.717) is 16.9 Å². The van der Waals surface area contributed by atoms with Crippen molar-refractivity contribution < 1.29 is 13.5 Å². The van der Waals surface area contributed by atoms with E-state index in [1.165, 1.54) is 44.5 Å². The molecule has 0 bridgehead atoms. The first-order valence-corrected chi connectivity index (χ1v) is 9.14. The van der Waals surface area contributed by atoms with Gasteiger partial charge in [-0.15, -0.1) is 10.2 Å². The number of ether oxygens (including phenoxy) is 1. The van der Waals surface area contributed by atoms with E-state index in [0.717, 1.165) is 10.9 Å². The summed E-state index contributed by atoms with van der Waals surface area (Å²) >= 11 is 0. The number of halogens is 2. The molecule has 2 N–H and O–H groups in total. The maximum absolute atomic E-state index is 12.1. The average molecular weight is 387 g/mol. The lowest BCUT2D eigenvalue weighted by molar-refractivity contribution is -0.0498. The Morgan fingerprint density at radius 2 is 1.71 bits per heavy atom. The van der Waals surface area contributed by atoms with Gasteiger partial charge in [0.2, 0.25) is 0 Å². The summed E-state index contributed by atoms with van der Waals surface area (Å²) in [4.78, 5) is 6.40. The molecule has 1 aliphatic heterocycles. The highest BCUT2D eigenvalue weighted by Crippen LogP contribution is 2.29. The third-order valence-electron chi connectivity index (χ3n) is 4.54. The number of nitrogens with two attached hydrogens (primary N) is 1. The van der Waals surface area contributed by atoms with Gasteiger partial charge in [0.25, 0.3) is 0 Å². The molecular formula is C20H23F2N5O. The van der Waals surface area contributed by atoms with Crippen molar-refractivity contribution in [1.29, 1.82) is 0 Å². The summed E-state index contributed by atoms with van der Waals surface area (Å²) in [6.45, 7) is -0.209. The van der Waals surface area contributed by atoms with Crippen LogP contribution in [0.2, 0.25) is 0 Å². The van der Waals surface area contributed by atoms with Gasteiger partial charge < -0.3 is 15.4 Å². The minimum absolute atomic E-state index is 0.0862. The van der Waals surface area contributed by atoms with Gasteiger partial charge in [-0.25, -0.2) is 0 Å². The predicted molar refractivity (Wildman–Crippen MR) is 105 cm³/mol. The fourth-order valence-electron chi connectivity index (χ4n) is 3.08. The number of piperidine rings is 1. The van der Waals surface area contributed by atoms with Gasteiger partial charge in [0, 0.05) is 28.7 Å². The summed E-state index contributed by atoms with van der Waals surface area (Å²) in [5.41, 5.74) is 7.09. The van der Waals surface area contributed by atoms with E-state index in [1.807, 2.05) is 0 Å². The first-order chi connectivity index (χ1) is 13.5. The van der Waals surface area contributed by atoms with Crippen molar-refractivity contribution in [3.05, 3.63) is 42.7 Å². The second-order valence-corrected chi connectivity index (χ2v) is 6.62. The van der Waals surface area contributed by atoms with Crippen LogP contribution in [0, 0.1) is 0 Å². The maximum Gasteiger partial charge on any atom is 0.387 e. The number of aromatic nitrogens is 3. The number of pyridine rings is 1. The van der Waals surface area contributed by atoms with Gasteiger partial charge in [-0.3, -0.25) is 4.98 Å². The van der Waals surface area contributed by atoms with E-state index in [1.54, 1.807) is 30.6 Å². The molecule has 1 saturated heterocycles. The Morgan fingerprint density at radius 3 is 2.32 bits per heavy atom. The second-order valence-electron chi connectivity index (χ2n) is 6.62. The maximum atomic E-state index is 12.1. The molecule has 1 aliphatic rings. The van der Waals surface area contributed by atoms with Crippen LogP contribution in [0.1, 0.15) is 19.3 Å². The van der Waals surface area contributed by atoms with Crippen molar-refractivity contribution in [2.24, 2.45) is 0 Å². The lowest BCUT2D eigenvalue weighted by atomic mass is 10.1. The Balaban J connectivity index is 0.000000271. The molecule has 8 heteroatoms. The molecule has 0 spiro atoms. The SMILES string of the molecule is CN1CCCCC1.Nc1nnc(-c2ccc(OC(F)F)cc2)c2ccncc12. The van der Waals surface area contributed by atoms with Crippen LogP contribution in [-0.2, 0) is 0 Å². The fourth-order valence-corrected chi connectivity index (χ4v) is 3.08.